The molecule has 1 aromatic carbocycles. The van der Waals surface area contributed by atoms with Crippen molar-refractivity contribution in [1.29, 1.82) is 0 Å². The minimum Gasteiger partial charge on any atom is -0.462 e. The van der Waals surface area contributed by atoms with E-state index in [2.05, 4.69) is 5.32 Å². The van der Waals surface area contributed by atoms with Crippen molar-refractivity contribution in [2.24, 2.45) is 17.8 Å². The average molecular weight is 288 g/mol. The molecule has 0 heterocycles. The van der Waals surface area contributed by atoms with Crippen molar-refractivity contribution in [1.82, 2.24) is 0 Å². The van der Waals surface area contributed by atoms with Crippen molar-refractivity contribution in [2.75, 3.05) is 24.2 Å². The molecule has 0 atom stereocenters. The molecule has 0 amide bonds. The van der Waals surface area contributed by atoms with Gasteiger partial charge in [-0.25, -0.2) is 4.79 Å². The number of hydrogen-bond donors (Lipinski definition) is 2. The van der Waals surface area contributed by atoms with Crippen molar-refractivity contribution in [3.63, 3.8) is 0 Å². The van der Waals surface area contributed by atoms with Gasteiger partial charge in [0.25, 0.3) is 0 Å². The van der Waals surface area contributed by atoms with Crippen LogP contribution in [0.1, 0.15) is 43.0 Å². The molecule has 0 radical (unpaired) electrons. The van der Waals surface area contributed by atoms with Gasteiger partial charge in [0.2, 0.25) is 0 Å². The molecule has 3 rings (SSSR count). The van der Waals surface area contributed by atoms with E-state index >= 15 is 0 Å². The van der Waals surface area contributed by atoms with Crippen LogP contribution in [0, 0.1) is 17.8 Å². The lowest BCUT2D eigenvalue weighted by Crippen LogP contribution is -2.19. The van der Waals surface area contributed by atoms with E-state index in [9.17, 15) is 4.79 Å². The molecule has 4 nitrogen and oxygen atoms in total. The number of nitrogens with two attached hydrogens (primary N) is 1. The van der Waals surface area contributed by atoms with Gasteiger partial charge >= 0.3 is 5.97 Å². The zero-order chi connectivity index (χ0) is 14.8. The number of nitrogens with one attached hydrogen (secondary N) is 1. The van der Waals surface area contributed by atoms with Gasteiger partial charge in [0.1, 0.15) is 0 Å². The number of nitrogen functional groups attached to an aromatic ring is 1. The molecule has 0 saturated heterocycles. The summed E-state index contributed by atoms with van der Waals surface area (Å²) < 4.78 is 5.04. The summed E-state index contributed by atoms with van der Waals surface area (Å²) in [5, 5.41) is 3.46. The van der Waals surface area contributed by atoms with E-state index in [0.717, 1.165) is 30.0 Å². The van der Waals surface area contributed by atoms with E-state index in [0.29, 0.717) is 17.9 Å². The maximum atomic E-state index is 11.9. The topological polar surface area (TPSA) is 64.3 Å². The van der Waals surface area contributed by atoms with Crippen LogP contribution in [-0.4, -0.2) is 19.1 Å². The molecule has 0 aliphatic heterocycles. The van der Waals surface area contributed by atoms with Gasteiger partial charge in [0.15, 0.2) is 0 Å². The first kappa shape index (κ1) is 14.2. The maximum absolute atomic E-state index is 11.9. The van der Waals surface area contributed by atoms with Crippen LogP contribution in [0.4, 0.5) is 11.4 Å². The highest BCUT2D eigenvalue weighted by Crippen LogP contribution is 2.49. The second kappa shape index (κ2) is 5.96. The summed E-state index contributed by atoms with van der Waals surface area (Å²) in [6.07, 6.45) is 5.50. The zero-order valence-corrected chi connectivity index (χ0v) is 12.6. The van der Waals surface area contributed by atoms with Crippen LogP contribution >= 0.6 is 0 Å². The Kier molecular flexibility index (Phi) is 4.04. The lowest BCUT2D eigenvalue weighted by atomic mass is 9.97. The molecule has 2 aliphatic rings. The number of esters is 1. The third-order valence-electron chi connectivity index (χ3n) is 4.58. The monoisotopic (exact) mass is 288 g/mol. The fourth-order valence-electron chi connectivity index (χ4n) is 3.10. The SMILES string of the molecule is CCOC(=O)c1cccc(NCC(C2CC2)C2CC2)c1N. The molecule has 0 spiro atoms. The molecule has 2 aliphatic carbocycles. The number of hydrogen-bond acceptors (Lipinski definition) is 4. The van der Waals surface area contributed by atoms with Gasteiger partial charge < -0.3 is 15.8 Å². The highest BCUT2D eigenvalue weighted by atomic mass is 16.5. The fraction of sp³-hybridized carbons (Fsp3) is 0.588. The Bertz CT molecular complexity index is 510. The minimum atomic E-state index is -0.348. The van der Waals surface area contributed by atoms with Crippen molar-refractivity contribution in [3.8, 4) is 0 Å². The summed E-state index contributed by atoms with van der Waals surface area (Å²) >= 11 is 0. The molecule has 21 heavy (non-hydrogen) atoms. The second-order valence-electron chi connectivity index (χ2n) is 6.21. The highest BCUT2D eigenvalue weighted by Gasteiger charge is 2.41. The van der Waals surface area contributed by atoms with Crippen LogP contribution in [0.2, 0.25) is 0 Å². The number of anilines is 2. The Hall–Kier alpha value is -1.71. The van der Waals surface area contributed by atoms with Gasteiger partial charge in [-0.2, -0.15) is 0 Å². The Morgan fingerprint density at radius 3 is 2.57 bits per heavy atom. The summed E-state index contributed by atoms with van der Waals surface area (Å²) in [5.74, 6) is 2.23. The predicted octanol–water partition coefficient (Wildman–Crippen LogP) is 3.29. The largest absolute Gasteiger partial charge is 0.462 e. The number of benzene rings is 1. The van der Waals surface area contributed by atoms with Gasteiger partial charge in [-0.1, -0.05) is 6.07 Å². The van der Waals surface area contributed by atoms with E-state index in [1.54, 1.807) is 13.0 Å². The number of ether oxygens (including phenoxy) is 1. The van der Waals surface area contributed by atoms with E-state index < -0.39 is 0 Å². The Morgan fingerprint density at radius 2 is 2.00 bits per heavy atom. The van der Waals surface area contributed by atoms with Gasteiger partial charge in [-0.15, -0.1) is 0 Å². The fourth-order valence-corrected chi connectivity index (χ4v) is 3.10. The smallest absolute Gasteiger partial charge is 0.340 e. The van der Waals surface area contributed by atoms with Gasteiger partial charge in [-0.3, -0.25) is 0 Å². The Labute approximate surface area is 126 Å². The standard InChI is InChI=1S/C17H24N2O2/c1-2-21-17(20)13-4-3-5-15(16(13)18)19-10-14(11-6-7-11)12-8-9-12/h3-5,11-12,14,19H,2,6-10,18H2,1H3. The molecule has 0 unspecified atom stereocenters. The lowest BCUT2D eigenvalue weighted by Gasteiger charge is -2.18. The predicted molar refractivity (Wildman–Crippen MR) is 84.2 cm³/mol. The van der Waals surface area contributed by atoms with Gasteiger partial charge in [0, 0.05) is 6.54 Å². The van der Waals surface area contributed by atoms with E-state index in [4.69, 9.17) is 10.5 Å². The third kappa shape index (κ3) is 3.31. The number of para-hydroxylation sites is 1. The summed E-state index contributed by atoms with van der Waals surface area (Å²) in [6.45, 7) is 3.12. The van der Waals surface area contributed by atoms with Gasteiger partial charge in [0.05, 0.1) is 23.5 Å². The normalized spacial score (nSPS) is 17.8. The molecule has 114 valence electrons. The van der Waals surface area contributed by atoms with Crippen molar-refractivity contribution >= 4 is 17.3 Å². The summed E-state index contributed by atoms with van der Waals surface area (Å²) in [7, 11) is 0. The van der Waals surface area contributed by atoms with Crippen molar-refractivity contribution < 1.29 is 9.53 Å². The molecule has 2 saturated carbocycles. The van der Waals surface area contributed by atoms with Crippen LogP contribution in [0.25, 0.3) is 0 Å². The van der Waals surface area contributed by atoms with Crippen LogP contribution in [-0.2, 0) is 4.74 Å². The van der Waals surface area contributed by atoms with E-state index in [-0.39, 0.29) is 5.97 Å². The van der Waals surface area contributed by atoms with Crippen LogP contribution in [0.3, 0.4) is 0 Å². The molecular formula is C17H24N2O2. The minimum absolute atomic E-state index is 0.348. The first-order chi connectivity index (χ1) is 10.2. The van der Waals surface area contributed by atoms with Crippen molar-refractivity contribution in [2.45, 2.75) is 32.6 Å². The zero-order valence-electron chi connectivity index (χ0n) is 12.6. The van der Waals surface area contributed by atoms with Crippen LogP contribution in [0.5, 0.6) is 0 Å². The summed E-state index contributed by atoms with van der Waals surface area (Å²) in [5.41, 5.74) is 7.93. The Morgan fingerprint density at radius 1 is 1.33 bits per heavy atom. The third-order valence-corrected chi connectivity index (χ3v) is 4.58. The number of carbonyl (C=O) groups is 1. The summed E-state index contributed by atoms with van der Waals surface area (Å²) in [4.78, 5) is 11.9. The van der Waals surface area contributed by atoms with Crippen LogP contribution < -0.4 is 11.1 Å². The Balaban J connectivity index is 1.67. The molecular weight excluding hydrogens is 264 g/mol. The first-order valence-electron chi connectivity index (χ1n) is 8.00. The molecule has 3 N–H and O–H groups in total. The second-order valence-corrected chi connectivity index (χ2v) is 6.21. The molecule has 0 bridgehead atoms. The first-order valence-corrected chi connectivity index (χ1v) is 8.00. The van der Waals surface area contributed by atoms with E-state index in [1.807, 2.05) is 12.1 Å². The molecule has 2 fully saturated rings. The molecule has 0 aromatic heterocycles. The van der Waals surface area contributed by atoms with Crippen molar-refractivity contribution in [3.05, 3.63) is 23.8 Å². The summed E-state index contributed by atoms with van der Waals surface area (Å²) in [6, 6.07) is 5.51. The maximum Gasteiger partial charge on any atom is 0.340 e. The lowest BCUT2D eigenvalue weighted by molar-refractivity contribution is 0.0527. The number of rotatable bonds is 7. The highest BCUT2D eigenvalue weighted by molar-refractivity contribution is 5.98. The average Bonchev–Trinajstić information content (AvgIpc) is 3.35. The van der Waals surface area contributed by atoms with Crippen LogP contribution in [0.15, 0.2) is 18.2 Å². The quantitative estimate of drug-likeness (QED) is 0.597. The molecule has 4 heteroatoms. The van der Waals surface area contributed by atoms with Gasteiger partial charge in [-0.05, 0) is 62.5 Å². The molecule has 1 aromatic rings. The number of carbonyl (C=O) groups excluding carboxylic acids is 1. The van der Waals surface area contributed by atoms with E-state index in [1.165, 1.54) is 25.7 Å².